The minimum Gasteiger partial charge on any atom is -0.347 e. The normalized spacial score (nSPS) is 11.1. The van der Waals surface area contributed by atoms with Crippen LogP contribution in [0.1, 0.15) is 21.6 Å². The summed E-state index contributed by atoms with van der Waals surface area (Å²) in [6, 6.07) is 17.3. The standard InChI is InChI=1S/C24H19ClN6O/c1-16-2-8-19(9-3-16)31-20(10-11-28-31)23-29-22(21-15-26-12-13-30(21)23)24(32)27-14-17-4-6-18(25)7-5-17/h2-13,15H,14H2,1H3,(H,27,32). The fourth-order valence-electron chi connectivity index (χ4n) is 3.52. The van der Waals surface area contributed by atoms with Crippen molar-refractivity contribution < 1.29 is 4.79 Å². The third kappa shape index (κ3) is 3.74. The molecule has 1 N–H and O–H groups in total. The molecule has 7 nitrogen and oxygen atoms in total. The van der Waals surface area contributed by atoms with Gasteiger partial charge in [0.15, 0.2) is 11.5 Å². The highest BCUT2D eigenvalue weighted by Gasteiger charge is 2.21. The van der Waals surface area contributed by atoms with Crippen LogP contribution < -0.4 is 5.32 Å². The Kier molecular flexibility index (Phi) is 5.17. The molecule has 0 saturated carbocycles. The molecule has 0 radical (unpaired) electrons. The number of nitrogens with zero attached hydrogens (tertiary/aromatic N) is 5. The second-order valence-corrected chi connectivity index (χ2v) is 7.82. The third-order valence-electron chi connectivity index (χ3n) is 5.18. The molecule has 2 aromatic carbocycles. The Labute approximate surface area is 189 Å². The molecule has 8 heteroatoms. The van der Waals surface area contributed by atoms with Crippen LogP contribution in [0, 0.1) is 6.92 Å². The van der Waals surface area contributed by atoms with Crippen LogP contribution in [0.15, 0.2) is 79.4 Å². The van der Waals surface area contributed by atoms with Crippen LogP contribution in [0.25, 0.3) is 22.7 Å². The molecule has 1 amide bonds. The topological polar surface area (TPSA) is 77.1 Å². The first-order valence-electron chi connectivity index (χ1n) is 10.1. The van der Waals surface area contributed by atoms with Gasteiger partial charge in [0, 0.05) is 24.0 Å². The molecule has 0 saturated heterocycles. The lowest BCUT2D eigenvalue weighted by Gasteiger charge is -2.07. The van der Waals surface area contributed by atoms with Gasteiger partial charge in [0.05, 0.1) is 23.6 Å². The molecular formula is C24H19ClN6O. The second kappa shape index (κ2) is 8.28. The molecule has 0 aliphatic rings. The van der Waals surface area contributed by atoms with Gasteiger partial charge in [-0.05, 0) is 42.8 Å². The molecule has 3 heterocycles. The van der Waals surface area contributed by atoms with Gasteiger partial charge >= 0.3 is 0 Å². The predicted molar refractivity (Wildman–Crippen MR) is 123 cm³/mol. The molecule has 5 rings (SSSR count). The lowest BCUT2D eigenvalue weighted by atomic mass is 10.2. The number of carbonyl (C=O) groups excluding carboxylic acids is 1. The Bertz CT molecular complexity index is 1400. The van der Waals surface area contributed by atoms with Crippen LogP contribution in [0.3, 0.4) is 0 Å². The van der Waals surface area contributed by atoms with Gasteiger partial charge in [-0.3, -0.25) is 14.2 Å². The smallest absolute Gasteiger partial charge is 0.272 e. The van der Waals surface area contributed by atoms with Gasteiger partial charge < -0.3 is 5.32 Å². The van der Waals surface area contributed by atoms with Gasteiger partial charge in [-0.25, -0.2) is 9.67 Å². The number of hydrogen-bond acceptors (Lipinski definition) is 4. The van der Waals surface area contributed by atoms with Crippen molar-refractivity contribution in [2.75, 3.05) is 0 Å². The number of carbonyl (C=O) groups is 1. The first-order chi connectivity index (χ1) is 15.6. The molecule has 5 aromatic rings. The highest BCUT2D eigenvalue weighted by molar-refractivity contribution is 6.30. The number of aryl methyl sites for hydroxylation is 1. The first kappa shape index (κ1) is 20.0. The van der Waals surface area contributed by atoms with Crippen LogP contribution in [0.2, 0.25) is 5.02 Å². The van der Waals surface area contributed by atoms with E-state index in [1.807, 2.05) is 58.5 Å². The van der Waals surface area contributed by atoms with E-state index in [2.05, 4.69) is 15.4 Å². The van der Waals surface area contributed by atoms with Crippen LogP contribution in [0.4, 0.5) is 0 Å². The van der Waals surface area contributed by atoms with E-state index in [-0.39, 0.29) is 5.91 Å². The lowest BCUT2D eigenvalue weighted by molar-refractivity contribution is 0.0948. The Morgan fingerprint density at radius 1 is 1.03 bits per heavy atom. The zero-order chi connectivity index (χ0) is 22.1. The Morgan fingerprint density at radius 3 is 2.59 bits per heavy atom. The maximum atomic E-state index is 13.0. The number of fused-ring (bicyclic) bond motifs is 1. The minimum absolute atomic E-state index is 0.280. The molecule has 0 unspecified atom stereocenters. The number of aromatic nitrogens is 5. The van der Waals surface area contributed by atoms with Gasteiger partial charge in [0.25, 0.3) is 5.91 Å². The summed E-state index contributed by atoms with van der Waals surface area (Å²) < 4.78 is 3.66. The molecule has 158 valence electrons. The number of imidazole rings is 1. The van der Waals surface area contributed by atoms with Gasteiger partial charge in [0.1, 0.15) is 5.69 Å². The number of hydrogen-bond donors (Lipinski definition) is 1. The molecule has 32 heavy (non-hydrogen) atoms. The molecule has 0 spiro atoms. The minimum atomic E-state index is -0.280. The van der Waals surface area contributed by atoms with Gasteiger partial charge in [-0.1, -0.05) is 41.4 Å². The average Bonchev–Trinajstić information content (AvgIpc) is 3.44. The maximum absolute atomic E-state index is 13.0. The predicted octanol–water partition coefficient (Wildman–Crippen LogP) is 4.47. The highest BCUT2D eigenvalue weighted by atomic mass is 35.5. The summed E-state index contributed by atoms with van der Waals surface area (Å²) >= 11 is 5.94. The summed E-state index contributed by atoms with van der Waals surface area (Å²) in [7, 11) is 0. The monoisotopic (exact) mass is 442 g/mol. The van der Waals surface area contributed by atoms with E-state index in [4.69, 9.17) is 16.6 Å². The quantitative estimate of drug-likeness (QED) is 0.435. The van der Waals surface area contributed by atoms with Crippen LogP contribution >= 0.6 is 11.6 Å². The number of nitrogens with one attached hydrogen (secondary N) is 1. The van der Waals surface area contributed by atoms with Crippen molar-refractivity contribution in [2.24, 2.45) is 0 Å². The van der Waals surface area contributed by atoms with Gasteiger partial charge in [-0.2, -0.15) is 5.10 Å². The van der Waals surface area contributed by atoms with Crippen molar-refractivity contribution >= 4 is 23.0 Å². The molecule has 0 atom stereocenters. The van der Waals surface area contributed by atoms with Gasteiger partial charge in [-0.15, -0.1) is 0 Å². The van der Waals surface area contributed by atoms with E-state index >= 15 is 0 Å². The van der Waals surface area contributed by atoms with Crippen molar-refractivity contribution in [1.29, 1.82) is 0 Å². The summed E-state index contributed by atoms with van der Waals surface area (Å²) in [6.45, 7) is 2.41. The van der Waals surface area contributed by atoms with Crippen molar-refractivity contribution in [3.63, 3.8) is 0 Å². The Morgan fingerprint density at radius 2 is 1.81 bits per heavy atom. The zero-order valence-electron chi connectivity index (χ0n) is 17.2. The van der Waals surface area contributed by atoms with Gasteiger partial charge in [0.2, 0.25) is 0 Å². The molecule has 0 aliphatic carbocycles. The fraction of sp³-hybridized carbons (Fsp3) is 0.0833. The number of halogens is 1. The summed E-state index contributed by atoms with van der Waals surface area (Å²) in [5, 5.41) is 8.06. The fourth-order valence-corrected chi connectivity index (χ4v) is 3.64. The number of rotatable bonds is 5. The van der Waals surface area contributed by atoms with E-state index in [1.165, 1.54) is 5.56 Å². The van der Waals surface area contributed by atoms with E-state index in [0.717, 1.165) is 16.9 Å². The average molecular weight is 443 g/mol. The highest BCUT2D eigenvalue weighted by Crippen LogP contribution is 2.25. The van der Waals surface area contributed by atoms with Crippen molar-refractivity contribution in [3.05, 3.63) is 101 Å². The maximum Gasteiger partial charge on any atom is 0.272 e. The summed E-state index contributed by atoms with van der Waals surface area (Å²) in [5.41, 5.74) is 4.72. The number of amides is 1. The lowest BCUT2D eigenvalue weighted by Crippen LogP contribution is -2.23. The first-order valence-corrected chi connectivity index (χ1v) is 10.4. The van der Waals surface area contributed by atoms with Crippen molar-refractivity contribution in [3.8, 4) is 17.2 Å². The summed E-state index contributed by atoms with van der Waals surface area (Å²) in [6.07, 6.45) is 6.82. The Balaban J connectivity index is 1.51. The number of benzene rings is 2. The SMILES string of the molecule is Cc1ccc(-n2nccc2-c2nc(C(=O)NCc3ccc(Cl)cc3)c3cnccn23)cc1. The van der Waals surface area contributed by atoms with E-state index in [1.54, 1.807) is 36.9 Å². The van der Waals surface area contributed by atoms with E-state index in [9.17, 15) is 4.79 Å². The summed E-state index contributed by atoms with van der Waals surface area (Å²) in [4.78, 5) is 21.9. The largest absolute Gasteiger partial charge is 0.347 e. The molecule has 0 fully saturated rings. The van der Waals surface area contributed by atoms with E-state index < -0.39 is 0 Å². The van der Waals surface area contributed by atoms with Crippen LogP contribution in [-0.2, 0) is 6.54 Å². The van der Waals surface area contributed by atoms with Crippen molar-refractivity contribution in [1.82, 2.24) is 29.5 Å². The van der Waals surface area contributed by atoms with E-state index in [0.29, 0.717) is 28.6 Å². The summed E-state index contributed by atoms with van der Waals surface area (Å²) in [5.74, 6) is 0.329. The Hall–Kier alpha value is -3.97. The molecule has 0 bridgehead atoms. The third-order valence-corrected chi connectivity index (χ3v) is 5.43. The van der Waals surface area contributed by atoms with Crippen molar-refractivity contribution in [2.45, 2.75) is 13.5 Å². The zero-order valence-corrected chi connectivity index (χ0v) is 18.0. The molecule has 0 aliphatic heterocycles. The second-order valence-electron chi connectivity index (χ2n) is 7.39. The van der Waals surface area contributed by atoms with Crippen LogP contribution in [-0.4, -0.2) is 30.1 Å². The molecule has 3 aromatic heterocycles. The molecular weight excluding hydrogens is 424 g/mol. The van der Waals surface area contributed by atoms with Crippen LogP contribution in [0.5, 0.6) is 0 Å².